The summed E-state index contributed by atoms with van der Waals surface area (Å²) in [7, 11) is 0. The molecule has 0 fully saturated rings. The number of nitrogens with one attached hydrogen (secondary N) is 1. The standard InChI is InChI=1S/C66H129NO5/c1-3-5-7-9-11-13-15-17-19-21-22-23-27-30-34-38-42-46-50-54-58-64(69)63(62-68)67-65(70)59-55-51-47-43-39-35-31-28-24-25-29-33-37-41-45-49-53-57-61-72-66(71)60-56-52-48-44-40-36-32-26-20-18-16-14-12-10-8-6-4-2/h54,58,63-64,68-69H,3-53,55-57,59-62H2,1-2H3,(H,67,70)/b58-54+. The Hall–Kier alpha value is -1.40. The van der Waals surface area contributed by atoms with Gasteiger partial charge in [-0.25, -0.2) is 0 Å². The molecule has 428 valence electrons. The molecule has 0 aromatic rings. The summed E-state index contributed by atoms with van der Waals surface area (Å²) < 4.78 is 5.50. The maximum atomic E-state index is 12.5. The molecule has 0 rings (SSSR count). The average Bonchev–Trinajstić information content (AvgIpc) is 3.38. The van der Waals surface area contributed by atoms with Crippen LogP contribution in [0.3, 0.4) is 0 Å². The Morgan fingerprint density at radius 3 is 0.944 bits per heavy atom. The molecule has 6 nitrogen and oxygen atoms in total. The van der Waals surface area contributed by atoms with E-state index in [-0.39, 0.29) is 18.5 Å². The molecular formula is C66H129NO5. The Morgan fingerprint density at radius 1 is 0.375 bits per heavy atom. The minimum Gasteiger partial charge on any atom is -0.466 e. The quantitative estimate of drug-likeness (QED) is 0.0320. The predicted octanol–water partition coefficient (Wildman–Crippen LogP) is 20.8. The van der Waals surface area contributed by atoms with Crippen LogP contribution in [-0.4, -0.2) is 47.4 Å². The summed E-state index contributed by atoms with van der Waals surface area (Å²) in [5, 5.41) is 23.2. The van der Waals surface area contributed by atoms with Gasteiger partial charge in [0, 0.05) is 12.8 Å². The van der Waals surface area contributed by atoms with Gasteiger partial charge in [0.1, 0.15) is 0 Å². The lowest BCUT2D eigenvalue weighted by atomic mass is 10.0. The highest BCUT2D eigenvalue weighted by molar-refractivity contribution is 5.76. The first-order valence-electron chi connectivity index (χ1n) is 33.0. The maximum Gasteiger partial charge on any atom is 0.305 e. The second-order valence-electron chi connectivity index (χ2n) is 22.8. The van der Waals surface area contributed by atoms with Gasteiger partial charge in [0.25, 0.3) is 0 Å². The first-order chi connectivity index (χ1) is 35.5. The van der Waals surface area contributed by atoms with Crippen LogP contribution < -0.4 is 5.32 Å². The molecule has 0 aromatic carbocycles. The van der Waals surface area contributed by atoms with Gasteiger partial charge in [-0.15, -0.1) is 0 Å². The summed E-state index contributed by atoms with van der Waals surface area (Å²) in [6.45, 7) is 4.94. The largest absolute Gasteiger partial charge is 0.466 e. The molecule has 6 heteroatoms. The van der Waals surface area contributed by atoms with Gasteiger partial charge >= 0.3 is 5.97 Å². The van der Waals surface area contributed by atoms with Crippen molar-refractivity contribution in [2.45, 2.75) is 386 Å². The van der Waals surface area contributed by atoms with Gasteiger partial charge in [0.05, 0.1) is 25.4 Å². The van der Waals surface area contributed by atoms with Crippen molar-refractivity contribution in [3.8, 4) is 0 Å². The van der Waals surface area contributed by atoms with E-state index in [2.05, 4.69) is 19.2 Å². The summed E-state index contributed by atoms with van der Waals surface area (Å²) in [5.41, 5.74) is 0. The summed E-state index contributed by atoms with van der Waals surface area (Å²) in [5.74, 6) is -0.0563. The molecule has 0 bridgehead atoms. The first-order valence-corrected chi connectivity index (χ1v) is 33.0. The number of amides is 1. The number of carbonyl (C=O) groups excluding carboxylic acids is 2. The average molecular weight is 1020 g/mol. The molecule has 0 aliphatic carbocycles. The Morgan fingerprint density at radius 2 is 0.639 bits per heavy atom. The Balaban J connectivity index is 3.41. The van der Waals surface area contributed by atoms with Crippen molar-refractivity contribution >= 4 is 11.9 Å². The van der Waals surface area contributed by atoms with E-state index in [0.717, 1.165) is 38.5 Å². The first kappa shape index (κ1) is 70.6. The summed E-state index contributed by atoms with van der Waals surface area (Å²) >= 11 is 0. The van der Waals surface area contributed by atoms with Crippen molar-refractivity contribution < 1.29 is 24.5 Å². The summed E-state index contributed by atoms with van der Waals surface area (Å²) in [4.78, 5) is 24.6. The van der Waals surface area contributed by atoms with E-state index in [1.165, 1.54) is 308 Å². The monoisotopic (exact) mass is 1020 g/mol. The number of ether oxygens (including phenoxy) is 1. The minimum atomic E-state index is -0.847. The summed E-state index contributed by atoms with van der Waals surface area (Å²) in [6, 6.07) is -0.631. The van der Waals surface area contributed by atoms with Gasteiger partial charge in [-0.3, -0.25) is 9.59 Å². The zero-order valence-corrected chi connectivity index (χ0v) is 48.9. The Labute approximate surface area is 450 Å². The van der Waals surface area contributed by atoms with Crippen molar-refractivity contribution in [3.63, 3.8) is 0 Å². The highest BCUT2D eigenvalue weighted by Gasteiger charge is 2.18. The van der Waals surface area contributed by atoms with Crippen LogP contribution in [0.1, 0.15) is 373 Å². The fourth-order valence-electron chi connectivity index (χ4n) is 10.5. The molecule has 3 N–H and O–H groups in total. The van der Waals surface area contributed by atoms with Crippen molar-refractivity contribution in [1.29, 1.82) is 0 Å². The van der Waals surface area contributed by atoms with Gasteiger partial charge < -0.3 is 20.3 Å². The lowest BCUT2D eigenvalue weighted by molar-refractivity contribution is -0.143. The van der Waals surface area contributed by atoms with Crippen molar-refractivity contribution in [2.24, 2.45) is 0 Å². The molecule has 72 heavy (non-hydrogen) atoms. The normalized spacial score (nSPS) is 12.6. The molecule has 2 atom stereocenters. The van der Waals surface area contributed by atoms with Crippen LogP contribution in [0.25, 0.3) is 0 Å². The number of carbonyl (C=O) groups is 2. The van der Waals surface area contributed by atoms with E-state index in [1.54, 1.807) is 6.08 Å². The minimum absolute atomic E-state index is 0.0115. The van der Waals surface area contributed by atoms with Crippen LogP contribution in [0.2, 0.25) is 0 Å². The number of aliphatic hydroxyl groups excluding tert-OH is 2. The third kappa shape index (κ3) is 57.9. The third-order valence-electron chi connectivity index (χ3n) is 15.6. The lowest BCUT2D eigenvalue weighted by Gasteiger charge is -2.20. The van der Waals surface area contributed by atoms with Gasteiger partial charge in [0.2, 0.25) is 5.91 Å². The fraction of sp³-hybridized carbons (Fsp3) is 0.939. The zero-order valence-electron chi connectivity index (χ0n) is 48.9. The SMILES string of the molecule is CCCCCCCCCCCCCCCCCCCC/C=C/C(O)C(CO)NC(=O)CCCCCCCCCCCCCCCCCCCCOC(=O)CCCCCCCCCCCCCCCCCCC. The second kappa shape index (κ2) is 62.1. The number of allylic oxidation sites excluding steroid dienone is 1. The fourth-order valence-corrected chi connectivity index (χ4v) is 10.5. The molecule has 0 saturated heterocycles. The van der Waals surface area contributed by atoms with E-state index in [9.17, 15) is 19.8 Å². The number of rotatable bonds is 62. The number of esters is 1. The highest BCUT2D eigenvalue weighted by Crippen LogP contribution is 2.18. The number of hydrogen-bond acceptors (Lipinski definition) is 5. The van der Waals surface area contributed by atoms with Crippen LogP contribution in [-0.2, 0) is 14.3 Å². The zero-order chi connectivity index (χ0) is 52.2. The molecule has 2 unspecified atom stereocenters. The Bertz CT molecular complexity index is 1080. The van der Waals surface area contributed by atoms with E-state index in [0.29, 0.717) is 19.4 Å². The van der Waals surface area contributed by atoms with Crippen LogP contribution in [0, 0.1) is 0 Å². The predicted molar refractivity (Wildman–Crippen MR) is 315 cm³/mol. The van der Waals surface area contributed by atoms with Gasteiger partial charge in [-0.1, -0.05) is 341 Å². The van der Waals surface area contributed by atoms with Gasteiger partial charge in [0.15, 0.2) is 0 Å². The molecule has 0 aliphatic rings. The van der Waals surface area contributed by atoms with E-state index in [1.807, 2.05) is 6.08 Å². The Kier molecular flexibility index (Phi) is 60.9. The van der Waals surface area contributed by atoms with E-state index < -0.39 is 12.1 Å². The van der Waals surface area contributed by atoms with Gasteiger partial charge in [-0.2, -0.15) is 0 Å². The number of hydrogen-bond donors (Lipinski definition) is 3. The third-order valence-corrected chi connectivity index (χ3v) is 15.6. The van der Waals surface area contributed by atoms with E-state index in [4.69, 9.17) is 4.74 Å². The number of aliphatic hydroxyl groups is 2. The second-order valence-corrected chi connectivity index (χ2v) is 22.8. The summed E-state index contributed by atoms with van der Waals surface area (Å²) in [6.07, 6.45) is 75.4. The van der Waals surface area contributed by atoms with Crippen LogP contribution in [0.4, 0.5) is 0 Å². The molecule has 0 saturated carbocycles. The molecule has 0 aromatic heterocycles. The van der Waals surface area contributed by atoms with Crippen LogP contribution in [0.15, 0.2) is 12.2 Å². The molecule has 0 spiro atoms. The maximum absolute atomic E-state index is 12.5. The molecular weight excluding hydrogens is 887 g/mol. The number of unbranched alkanes of at least 4 members (excludes halogenated alkanes) is 51. The van der Waals surface area contributed by atoms with Crippen LogP contribution in [0.5, 0.6) is 0 Å². The van der Waals surface area contributed by atoms with Crippen molar-refractivity contribution in [3.05, 3.63) is 12.2 Å². The topological polar surface area (TPSA) is 95.9 Å². The van der Waals surface area contributed by atoms with E-state index >= 15 is 0 Å². The molecule has 0 radical (unpaired) electrons. The van der Waals surface area contributed by atoms with Crippen LogP contribution >= 0.6 is 0 Å². The molecule has 1 amide bonds. The van der Waals surface area contributed by atoms with Crippen molar-refractivity contribution in [2.75, 3.05) is 13.2 Å². The van der Waals surface area contributed by atoms with Gasteiger partial charge in [-0.05, 0) is 32.1 Å². The highest BCUT2D eigenvalue weighted by atomic mass is 16.5. The van der Waals surface area contributed by atoms with Crippen molar-refractivity contribution in [1.82, 2.24) is 5.32 Å². The smallest absolute Gasteiger partial charge is 0.305 e. The lowest BCUT2D eigenvalue weighted by Crippen LogP contribution is -2.45. The molecule has 0 heterocycles. The molecule has 0 aliphatic heterocycles.